The van der Waals surface area contributed by atoms with E-state index in [0.717, 1.165) is 30.3 Å². The second kappa shape index (κ2) is 8.60. The van der Waals surface area contributed by atoms with Crippen molar-refractivity contribution in [2.24, 2.45) is 0 Å². The van der Waals surface area contributed by atoms with Crippen molar-refractivity contribution in [2.75, 3.05) is 43.7 Å². The zero-order valence-corrected chi connectivity index (χ0v) is 17.9. The highest BCUT2D eigenvalue weighted by atomic mass is 32.2. The van der Waals surface area contributed by atoms with Crippen LogP contribution in [0.1, 0.15) is 15.9 Å². The molecule has 31 heavy (non-hydrogen) atoms. The Morgan fingerprint density at radius 1 is 1.06 bits per heavy atom. The first-order valence-corrected chi connectivity index (χ1v) is 11.1. The molecular formula is C22H22N4O4S. The molecule has 0 unspecified atom stereocenters. The van der Waals surface area contributed by atoms with Gasteiger partial charge >= 0.3 is 0 Å². The zero-order valence-electron chi connectivity index (χ0n) is 17.1. The van der Waals surface area contributed by atoms with Gasteiger partial charge in [-0.2, -0.15) is 0 Å². The van der Waals surface area contributed by atoms with Crippen LogP contribution in [0.3, 0.4) is 0 Å². The molecule has 0 aliphatic carbocycles. The third-order valence-electron chi connectivity index (χ3n) is 5.29. The van der Waals surface area contributed by atoms with E-state index in [1.165, 1.54) is 11.8 Å². The molecular weight excluding hydrogens is 416 g/mol. The van der Waals surface area contributed by atoms with Gasteiger partial charge in [0.2, 0.25) is 12.7 Å². The smallest absolute Gasteiger partial charge is 0.232 e. The highest BCUT2D eigenvalue weighted by Gasteiger charge is 2.23. The lowest BCUT2D eigenvalue weighted by Crippen LogP contribution is -2.38. The van der Waals surface area contributed by atoms with Crippen molar-refractivity contribution in [2.45, 2.75) is 12.1 Å². The minimum absolute atomic E-state index is 0.00411. The minimum Gasteiger partial charge on any atom is -0.454 e. The summed E-state index contributed by atoms with van der Waals surface area (Å²) in [6, 6.07) is 13.4. The molecule has 0 atom stereocenters. The van der Waals surface area contributed by atoms with Gasteiger partial charge in [-0.05, 0) is 36.8 Å². The lowest BCUT2D eigenvalue weighted by atomic mass is 10.1. The molecule has 0 bridgehead atoms. The first-order valence-electron chi connectivity index (χ1n) is 10.1. The van der Waals surface area contributed by atoms with Crippen LogP contribution in [0.25, 0.3) is 5.69 Å². The summed E-state index contributed by atoms with van der Waals surface area (Å²) in [6.45, 7) is 5.07. The van der Waals surface area contributed by atoms with Crippen LogP contribution < -0.4 is 14.4 Å². The molecule has 8 nitrogen and oxygen atoms in total. The Hall–Kier alpha value is -3.04. The Kier molecular flexibility index (Phi) is 5.52. The van der Waals surface area contributed by atoms with Gasteiger partial charge in [-0.3, -0.25) is 9.36 Å². The number of benzene rings is 2. The summed E-state index contributed by atoms with van der Waals surface area (Å²) in [5, 5.41) is 9.58. The van der Waals surface area contributed by atoms with E-state index in [2.05, 4.69) is 28.1 Å². The number of fused-ring (bicyclic) bond motifs is 1. The second-order valence-corrected chi connectivity index (χ2v) is 8.23. The number of aromatic nitrogens is 3. The Labute approximate surface area is 184 Å². The SMILES string of the molecule is Cc1ccccc1-n1c(SCC(=O)c2ccc3c(c2)OCO3)nnc1N1CCOCC1. The first-order chi connectivity index (χ1) is 15.2. The van der Waals surface area contributed by atoms with Crippen molar-refractivity contribution in [1.29, 1.82) is 0 Å². The molecule has 160 valence electrons. The van der Waals surface area contributed by atoms with Crippen LogP contribution in [0.5, 0.6) is 11.5 Å². The van der Waals surface area contributed by atoms with Crippen LogP contribution >= 0.6 is 11.8 Å². The Morgan fingerprint density at radius 3 is 2.71 bits per heavy atom. The lowest BCUT2D eigenvalue weighted by Gasteiger charge is -2.28. The van der Waals surface area contributed by atoms with Gasteiger partial charge in [-0.25, -0.2) is 0 Å². The number of ketones is 1. The quantitative estimate of drug-likeness (QED) is 0.429. The Bertz CT molecular complexity index is 1110. The number of para-hydroxylation sites is 1. The fraction of sp³-hybridized carbons (Fsp3) is 0.318. The first kappa shape index (κ1) is 19.9. The molecule has 2 aromatic carbocycles. The number of aryl methyl sites for hydroxylation is 1. The van der Waals surface area contributed by atoms with E-state index in [1.807, 2.05) is 22.8 Å². The van der Waals surface area contributed by atoms with Gasteiger partial charge in [0, 0.05) is 18.7 Å². The number of rotatable bonds is 6. The van der Waals surface area contributed by atoms with Crippen LogP contribution in [0.2, 0.25) is 0 Å². The minimum atomic E-state index is -0.00411. The Morgan fingerprint density at radius 2 is 1.87 bits per heavy atom. The number of ether oxygens (including phenoxy) is 3. The van der Waals surface area contributed by atoms with E-state index >= 15 is 0 Å². The van der Waals surface area contributed by atoms with Crippen molar-refractivity contribution in [3.8, 4) is 17.2 Å². The largest absolute Gasteiger partial charge is 0.454 e. The van der Waals surface area contributed by atoms with E-state index in [1.54, 1.807) is 18.2 Å². The molecule has 0 radical (unpaired) electrons. The summed E-state index contributed by atoms with van der Waals surface area (Å²) in [4.78, 5) is 15.0. The third-order valence-corrected chi connectivity index (χ3v) is 6.22. The van der Waals surface area contributed by atoms with Crippen molar-refractivity contribution in [3.63, 3.8) is 0 Å². The van der Waals surface area contributed by atoms with E-state index in [4.69, 9.17) is 14.2 Å². The lowest BCUT2D eigenvalue weighted by molar-refractivity contribution is 0.102. The topological polar surface area (TPSA) is 78.7 Å². The summed E-state index contributed by atoms with van der Waals surface area (Å²) < 4.78 is 18.2. The number of Topliss-reactive ketones (excluding diaryl/α,β-unsaturated/α-hetero) is 1. The normalized spacial score (nSPS) is 15.3. The fourth-order valence-electron chi connectivity index (χ4n) is 3.63. The van der Waals surface area contributed by atoms with Crippen LogP contribution in [0.4, 0.5) is 5.95 Å². The number of carbonyl (C=O) groups excluding carboxylic acids is 1. The van der Waals surface area contributed by atoms with Crippen LogP contribution in [0, 0.1) is 6.92 Å². The molecule has 1 fully saturated rings. The molecule has 9 heteroatoms. The fourth-order valence-corrected chi connectivity index (χ4v) is 4.47. The maximum absolute atomic E-state index is 12.8. The number of hydrogen-bond acceptors (Lipinski definition) is 8. The summed E-state index contributed by atoms with van der Waals surface area (Å²) in [7, 11) is 0. The second-order valence-electron chi connectivity index (χ2n) is 7.28. The molecule has 1 aromatic heterocycles. The number of morpholine rings is 1. The number of nitrogens with zero attached hydrogens (tertiary/aromatic N) is 4. The summed E-state index contributed by atoms with van der Waals surface area (Å²) >= 11 is 1.38. The molecule has 1 saturated heterocycles. The standard InChI is InChI=1S/C22H22N4O4S/c1-15-4-2-3-5-17(15)26-21(25-8-10-28-11-9-25)23-24-22(26)31-13-18(27)16-6-7-19-20(12-16)30-14-29-19/h2-7,12H,8-11,13-14H2,1H3. The average Bonchev–Trinajstić information content (AvgIpc) is 3.45. The summed E-state index contributed by atoms with van der Waals surface area (Å²) in [6.07, 6.45) is 0. The molecule has 2 aliphatic heterocycles. The predicted molar refractivity (Wildman–Crippen MR) is 117 cm³/mol. The van der Waals surface area contributed by atoms with E-state index in [9.17, 15) is 4.79 Å². The molecule has 0 N–H and O–H groups in total. The average molecular weight is 439 g/mol. The van der Waals surface area contributed by atoms with Gasteiger partial charge in [0.15, 0.2) is 22.4 Å². The van der Waals surface area contributed by atoms with Gasteiger partial charge in [0.05, 0.1) is 24.7 Å². The highest BCUT2D eigenvalue weighted by molar-refractivity contribution is 7.99. The molecule has 0 amide bonds. The molecule has 0 spiro atoms. The number of hydrogen-bond donors (Lipinski definition) is 0. The van der Waals surface area contributed by atoms with Crippen molar-refractivity contribution in [1.82, 2.24) is 14.8 Å². The maximum Gasteiger partial charge on any atom is 0.232 e. The van der Waals surface area contributed by atoms with Crippen LogP contribution in [0.15, 0.2) is 47.6 Å². The number of anilines is 1. The molecule has 3 heterocycles. The Balaban J connectivity index is 1.41. The number of thioether (sulfide) groups is 1. The molecule has 5 rings (SSSR count). The van der Waals surface area contributed by atoms with E-state index < -0.39 is 0 Å². The van der Waals surface area contributed by atoms with Crippen LogP contribution in [-0.2, 0) is 4.74 Å². The van der Waals surface area contributed by atoms with E-state index in [0.29, 0.717) is 35.4 Å². The monoisotopic (exact) mass is 438 g/mol. The van der Waals surface area contributed by atoms with Gasteiger partial charge in [-0.15, -0.1) is 10.2 Å². The molecule has 2 aliphatic rings. The zero-order chi connectivity index (χ0) is 21.2. The maximum atomic E-state index is 12.8. The van der Waals surface area contributed by atoms with Crippen LogP contribution in [-0.4, -0.2) is 59.4 Å². The third kappa shape index (κ3) is 3.98. The van der Waals surface area contributed by atoms with Crippen molar-refractivity contribution < 1.29 is 19.0 Å². The molecule has 0 saturated carbocycles. The van der Waals surface area contributed by atoms with Gasteiger partial charge < -0.3 is 19.1 Å². The highest BCUT2D eigenvalue weighted by Crippen LogP contribution is 2.33. The van der Waals surface area contributed by atoms with Gasteiger partial charge in [0.25, 0.3) is 0 Å². The summed E-state index contributed by atoms with van der Waals surface area (Å²) in [5.41, 5.74) is 2.71. The van der Waals surface area contributed by atoms with E-state index in [-0.39, 0.29) is 18.3 Å². The van der Waals surface area contributed by atoms with Crippen molar-refractivity contribution in [3.05, 3.63) is 53.6 Å². The molecule has 3 aromatic rings. The van der Waals surface area contributed by atoms with Gasteiger partial charge in [-0.1, -0.05) is 30.0 Å². The summed E-state index contributed by atoms with van der Waals surface area (Å²) in [5.74, 6) is 2.28. The predicted octanol–water partition coefficient (Wildman–Crippen LogP) is 3.12. The number of carbonyl (C=O) groups is 1. The van der Waals surface area contributed by atoms with Gasteiger partial charge in [0.1, 0.15) is 0 Å². The van der Waals surface area contributed by atoms with Crippen molar-refractivity contribution >= 4 is 23.5 Å².